The van der Waals surface area contributed by atoms with Gasteiger partial charge in [-0.05, 0) is 59.5 Å². The minimum absolute atomic E-state index is 0. The van der Waals surface area contributed by atoms with Crippen LogP contribution in [0, 0.1) is 5.41 Å². The van der Waals surface area contributed by atoms with Crippen molar-refractivity contribution in [2.45, 2.75) is 69.9 Å². The molecule has 1 atom stereocenters. The number of aromatic nitrogens is 4. The van der Waals surface area contributed by atoms with E-state index >= 15 is 0 Å². The lowest BCUT2D eigenvalue weighted by Crippen LogP contribution is -2.55. The monoisotopic (exact) mass is 557 g/mol. The molecule has 5 rings (SSSR count). The van der Waals surface area contributed by atoms with Crippen LogP contribution in [0.1, 0.15) is 55.4 Å². The van der Waals surface area contributed by atoms with Gasteiger partial charge in [-0.25, -0.2) is 5.10 Å². The topological polar surface area (TPSA) is 130 Å². The molecule has 1 aromatic carbocycles. The standard InChI is InChI=1S/C27H35N7O2S.ClH/c28-23(17-22-7-4-16-37-22)25(35)34-14-12-27(13-15-34,26(36)29-21-5-2-1-3-6-21)18-19-8-10-20(11-9-19)24-30-32-33-31-24;/h4,7-11,16,21,23H,1-3,5-6,12-15,17-18,28H2,(H,29,36)(H,30,31,32,33);1H. The number of nitrogens with two attached hydrogens (primary N) is 1. The summed E-state index contributed by atoms with van der Waals surface area (Å²) < 4.78 is 0. The Bertz CT molecular complexity index is 1160. The molecule has 38 heavy (non-hydrogen) atoms. The summed E-state index contributed by atoms with van der Waals surface area (Å²) in [7, 11) is 0. The molecular formula is C27H36ClN7O2S. The van der Waals surface area contributed by atoms with Crippen LogP contribution in [0.5, 0.6) is 0 Å². The van der Waals surface area contributed by atoms with Gasteiger partial charge in [0.2, 0.25) is 11.8 Å². The van der Waals surface area contributed by atoms with Gasteiger partial charge in [0.15, 0.2) is 5.82 Å². The molecule has 1 aliphatic carbocycles. The molecule has 11 heteroatoms. The van der Waals surface area contributed by atoms with Gasteiger partial charge in [-0.15, -0.1) is 28.8 Å². The molecule has 2 aliphatic rings. The van der Waals surface area contributed by atoms with Crippen LogP contribution in [0.3, 0.4) is 0 Å². The van der Waals surface area contributed by atoms with Crippen LogP contribution < -0.4 is 11.1 Å². The van der Waals surface area contributed by atoms with Gasteiger partial charge >= 0.3 is 0 Å². The van der Waals surface area contributed by atoms with Crippen LogP contribution in [0.15, 0.2) is 41.8 Å². The third kappa shape index (κ3) is 6.59. The van der Waals surface area contributed by atoms with Crippen LogP contribution in [0.4, 0.5) is 0 Å². The van der Waals surface area contributed by atoms with Crippen molar-refractivity contribution < 1.29 is 9.59 Å². The van der Waals surface area contributed by atoms with Crippen molar-refractivity contribution in [1.82, 2.24) is 30.8 Å². The van der Waals surface area contributed by atoms with E-state index in [1.807, 2.05) is 46.7 Å². The van der Waals surface area contributed by atoms with Gasteiger partial charge in [-0.2, -0.15) is 0 Å². The van der Waals surface area contributed by atoms with Gasteiger partial charge in [0, 0.05) is 36.0 Å². The van der Waals surface area contributed by atoms with E-state index in [1.165, 1.54) is 19.3 Å². The minimum Gasteiger partial charge on any atom is -0.353 e. The van der Waals surface area contributed by atoms with Gasteiger partial charge in [0.05, 0.1) is 11.5 Å². The number of nitrogens with one attached hydrogen (secondary N) is 2. The molecule has 1 aliphatic heterocycles. The largest absolute Gasteiger partial charge is 0.353 e. The fraction of sp³-hybridized carbons (Fsp3) is 0.519. The van der Waals surface area contributed by atoms with E-state index in [2.05, 4.69) is 25.9 Å². The number of rotatable bonds is 8. The number of carbonyl (C=O) groups is 2. The average molecular weight is 558 g/mol. The Kier molecular flexibility index (Phi) is 9.51. The Labute approximate surface area is 233 Å². The number of thiophene rings is 1. The molecule has 204 valence electrons. The number of amides is 2. The summed E-state index contributed by atoms with van der Waals surface area (Å²) in [6.07, 6.45) is 8.09. The van der Waals surface area contributed by atoms with Crippen molar-refractivity contribution in [2.24, 2.45) is 11.1 Å². The van der Waals surface area contributed by atoms with E-state index in [0.717, 1.165) is 28.8 Å². The van der Waals surface area contributed by atoms with Crippen molar-refractivity contribution in [2.75, 3.05) is 13.1 Å². The van der Waals surface area contributed by atoms with Crippen LogP contribution in [-0.4, -0.2) is 62.5 Å². The van der Waals surface area contributed by atoms with E-state index in [9.17, 15) is 9.59 Å². The maximum Gasteiger partial charge on any atom is 0.239 e. The fourth-order valence-corrected chi connectivity index (χ4v) is 6.41. The number of benzene rings is 1. The van der Waals surface area contributed by atoms with E-state index in [1.54, 1.807) is 11.3 Å². The Morgan fingerprint density at radius 3 is 2.50 bits per heavy atom. The summed E-state index contributed by atoms with van der Waals surface area (Å²) in [5.41, 5.74) is 7.72. The highest BCUT2D eigenvalue weighted by Crippen LogP contribution is 2.37. The van der Waals surface area contributed by atoms with E-state index in [-0.39, 0.29) is 30.3 Å². The molecule has 0 bridgehead atoms. The van der Waals surface area contributed by atoms with Gasteiger partial charge in [0.1, 0.15) is 0 Å². The molecule has 0 spiro atoms. The maximum atomic E-state index is 13.8. The first-order chi connectivity index (χ1) is 18.0. The molecular weight excluding hydrogens is 522 g/mol. The molecule has 2 aromatic heterocycles. The van der Waals surface area contributed by atoms with Crippen molar-refractivity contribution in [3.63, 3.8) is 0 Å². The number of hydrogen-bond donors (Lipinski definition) is 3. The molecule has 0 radical (unpaired) electrons. The number of aromatic amines is 1. The van der Waals surface area contributed by atoms with E-state index < -0.39 is 11.5 Å². The van der Waals surface area contributed by atoms with Crippen LogP contribution in [0.25, 0.3) is 11.4 Å². The maximum absolute atomic E-state index is 13.8. The Balaban J connectivity index is 0.00000336. The molecule has 1 saturated heterocycles. The first-order valence-corrected chi connectivity index (χ1v) is 14.1. The van der Waals surface area contributed by atoms with Crippen LogP contribution >= 0.6 is 23.7 Å². The number of likely N-dealkylation sites (tertiary alicyclic amines) is 1. The van der Waals surface area contributed by atoms with Gasteiger partial charge in [0.25, 0.3) is 0 Å². The molecule has 2 fully saturated rings. The van der Waals surface area contributed by atoms with Gasteiger partial charge < -0.3 is 16.0 Å². The zero-order valence-electron chi connectivity index (χ0n) is 21.5. The fourth-order valence-electron chi connectivity index (χ4n) is 5.64. The van der Waals surface area contributed by atoms with Gasteiger partial charge in [-0.3, -0.25) is 9.59 Å². The summed E-state index contributed by atoms with van der Waals surface area (Å²) >= 11 is 1.62. The lowest BCUT2D eigenvalue weighted by Gasteiger charge is -2.42. The highest BCUT2D eigenvalue weighted by atomic mass is 35.5. The summed E-state index contributed by atoms with van der Waals surface area (Å²) in [6, 6.07) is 11.7. The number of hydrogen-bond acceptors (Lipinski definition) is 7. The predicted octanol–water partition coefficient (Wildman–Crippen LogP) is 3.52. The van der Waals surface area contributed by atoms with E-state index in [0.29, 0.717) is 44.6 Å². The zero-order chi connectivity index (χ0) is 25.7. The second-order valence-electron chi connectivity index (χ2n) is 10.4. The summed E-state index contributed by atoms with van der Waals surface area (Å²) in [6.45, 7) is 1.08. The smallest absolute Gasteiger partial charge is 0.239 e. The quantitative estimate of drug-likeness (QED) is 0.388. The highest BCUT2D eigenvalue weighted by molar-refractivity contribution is 7.09. The third-order valence-electron chi connectivity index (χ3n) is 7.89. The molecule has 4 N–H and O–H groups in total. The Morgan fingerprint density at radius 1 is 1.13 bits per heavy atom. The minimum atomic E-state index is -0.555. The lowest BCUT2D eigenvalue weighted by molar-refractivity contribution is -0.141. The van der Waals surface area contributed by atoms with Crippen molar-refractivity contribution in [3.05, 3.63) is 52.2 Å². The summed E-state index contributed by atoms with van der Waals surface area (Å²) in [4.78, 5) is 29.9. The average Bonchev–Trinajstić information content (AvgIpc) is 3.65. The normalized spacial score (nSPS) is 18.4. The van der Waals surface area contributed by atoms with E-state index in [4.69, 9.17) is 5.73 Å². The molecule has 1 saturated carbocycles. The molecule has 1 unspecified atom stereocenters. The molecule has 3 aromatic rings. The first kappa shape index (κ1) is 28.2. The van der Waals surface area contributed by atoms with Crippen molar-refractivity contribution >= 4 is 35.6 Å². The Hall–Kier alpha value is -2.82. The molecule has 9 nitrogen and oxygen atoms in total. The number of piperidine rings is 1. The number of nitrogens with zero attached hydrogens (tertiary/aromatic N) is 4. The summed E-state index contributed by atoms with van der Waals surface area (Å²) in [5.74, 6) is 0.708. The Morgan fingerprint density at radius 2 is 1.87 bits per heavy atom. The predicted molar refractivity (Wildman–Crippen MR) is 150 cm³/mol. The van der Waals surface area contributed by atoms with Crippen molar-refractivity contribution in [1.29, 1.82) is 0 Å². The lowest BCUT2D eigenvalue weighted by atomic mass is 9.72. The summed E-state index contributed by atoms with van der Waals surface area (Å²) in [5, 5.41) is 19.4. The second-order valence-corrected chi connectivity index (χ2v) is 11.5. The SMILES string of the molecule is Cl.NC(Cc1cccs1)C(=O)N1CCC(Cc2ccc(-c3nnn[nH]3)cc2)(C(=O)NC2CCCCC2)CC1. The first-order valence-electron chi connectivity index (χ1n) is 13.2. The van der Waals surface area contributed by atoms with Crippen LogP contribution in [-0.2, 0) is 22.4 Å². The number of tetrazole rings is 1. The molecule has 3 heterocycles. The molecule has 2 amide bonds. The number of carbonyl (C=O) groups excluding carboxylic acids is 2. The van der Waals surface area contributed by atoms with Crippen LogP contribution in [0.2, 0.25) is 0 Å². The zero-order valence-corrected chi connectivity index (χ0v) is 23.1. The van der Waals surface area contributed by atoms with Crippen molar-refractivity contribution in [3.8, 4) is 11.4 Å². The highest BCUT2D eigenvalue weighted by Gasteiger charge is 2.43. The second kappa shape index (κ2) is 12.8. The van der Waals surface area contributed by atoms with Gasteiger partial charge in [-0.1, -0.05) is 49.6 Å². The third-order valence-corrected chi connectivity index (χ3v) is 8.79. The number of halogens is 1. The number of H-pyrrole nitrogens is 1.